The second kappa shape index (κ2) is 6.78. The zero-order valence-corrected chi connectivity index (χ0v) is 12.7. The molecule has 1 aromatic rings. The Morgan fingerprint density at radius 3 is 2.94 bits per heavy atom. The van der Waals surface area contributed by atoms with Gasteiger partial charge in [-0.2, -0.15) is 11.8 Å². The Kier molecular flexibility index (Phi) is 5.33. The van der Waals surface area contributed by atoms with E-state index in [0.717, 1.165) is 35.8 Å². The first-order chi connectivity index (χ1) is 8.69. The molecule has 0 aliphatic carbocycles. The van der Waals surface area contributed by atoms with E-state index in [0.29, 0.717) is 5.25 Å². The van der Waals surface area contributed by atoms with Gasteiger partial charge in [0.15, 0.2) is 0 Å². The number of nitrogens with two attached hydrogens (primary N) is 1. The van der Waals surface area contributed by atoms with Gasteiger partial charge in [0, 0.05) is 41.1 Å². The van der Waals surface area contributed by atoms with Crippen molar-refractivity contribution in [1.82, 2.24) is 9.97 Å². The monoisotopic (exact) mass is 283 g/mol. The van der Waals surface area contributed by atoms with Crippen molar-refractivity contribution in [2.45, 2.75) is 38.0 Å². The molecule has 1 aliphatic heterocycles. The maximum absolute atomic E-state index is 6.01. The third-order valence-corrected chi connectivity index (χ3v) is 5.78. The van der Waals surface area contributed by atoms with Crippen molar-refractivity contribution in [2.75, 3.05) is 17.3 Å². The molecule has 1 fully saturated rings. The van der Waals surface area contributed by atoms with E-state index < -0.39 is 0 Å². The molecule has 1 aromatic heterocycles. The van der Waals surface area contributed by atoms with Gasteiger partial charge < -0.3 is 5.73 Å². The first kappa shape index (κ1) is 14.2. The largest absolute Gasteiger partial charge is 0.327 e. The van der Waals surface area contributed by atoms with Crippen LogP contribution in [0.15, 0.2) is 6.07 Å². The Bertz CT molecular complexity index is 392. The smallest absolute Gasteiger partial charge is 0.142 e. The lowest BCUT2D eigenvalue weighted by atomic mass is 10.1. The van der Waals surface area contributed by atoms with Gasteiger partial charge in [0.05, 0.1) is 5.25 Å². The number of nitrogens with zero attached hydrogens (tertiary/aromatic N) is 2. The van der Waals surface area contributed by atoms with Gasteiger partial charge in [0.1, 0.15) is 5.82 Å². The summed E-state index contributed by atoms with van der Waals surface area (Å²) in [6, 6.07) is 2.28. The second-order valence-electron chi connectivity index (χ2n) is 4.67. The summed E-state index contributed by atoms with van der Waals surface area (Å²) in [4.78, 5) is 9.32. The summed E-state index contributed by atoms with van der Waals surface area (Å²) in [6.07, 6.45) is 1.85. The first-order valence-electron chi connectivity index (χ1n) is 6.48. The number of rotatable bonds is 4. The van der Waals surface area contributed by atoms with Crippen LogP contribution in [0.3, 0.4) is 0 Å². The molecule has 2 rings (SSSR count). The lowest BCUT2D eigenvalue weighted by Crippen LogP contribution is -2.23. The van der Waals surface area contributed by atoms with Crippen LogP contribution in [-0.4, -0.2) is 33.3 Å². The molecular formula is C13H21N3S2. The summed E-state index contributed by atoms with van der Waals surface area (Å²) >= 11 is 3.98. The van der Waals surface area contributed by atoms with E-state index in [1.165, 1.54) is 11.5 Å². The van der Waals surface area contributed by atoms with Crippen LogP contribution in [0.5, 0.6) is 0 Å². The van der Waals surface area contributed by atoms with Crippen LogP contribution < -0.4 is 5.73 Å². The molecule has 1 saturated heterocycles. The Balaban J connectivity index is 2.14. The molecule has 18 heavy (non-hydrogen) atoms. The maximum Gasteiger partial charge on any atom is 0.142 e. The number of hydrogen-bond donors (Lipinski definition) is 1. The fourth-order valence-electron chi connectivity index (χ4n) is 1.96. The molecule has 0 saturated carbocycles. The second-order valence-corrected chi connectivity index (χ2v) is 7.13. The lowest BCUT2D eigenvalue weighted by Gasteiger charge is -2.20. The Morgan fingerprint density at radius 1 is 1.44 bits per heavy atom. The third-order valence-electron chi connectivity index (χ3n) is 3.02. The molecule has 0 aromatic carbocycles. The van der Waals surface area contributed by atoms with Crippen LogP contribution in [-0.2, 0) is 6.42 Å². The van der Waals surface area contributed by atoms with Crippen LogP contribution >= 0.6 is 23.5 Å². The number of thioether (sulfide) groups is 2. The fraction of sp³-hybridized carbons (Fsp3) is 0.692. The van der Waals surface area contributed by atoms with Gasteiger partial charge >= 0.3 is 0 Å². The van der Waals surface area contributed by atoms with E-state index in [9.17, 15) is 0 Å². The van der Waals surface area contributed by atoms with E-state index in [2.05, 4.69) is 18.0 Å². The molecular weight excluding hydrogens is 262 g/mol. The molecule has 2 unspecified atom stereocenters. The predicted octanol–water partition coefficient (Wildman–Crippen LogP) is 2.59. The van der Waals surface area contributed by atoms with Crippen LogP contribution in [0, 0.1) is 6.92 Å². The Hall–Kier alpha value is -0.260. The standard InChI is InChI=1S/C13H21N3S2/c1-3-10(14)7-11-6-9(2)15-13(16-11)12-8-17-4-5-18-12/h6,10,12H,3-5,7-8,14H2,1-2H3. The lowest BCUT2D eigenvalue weighted by molar-refractivity contribution is 0.631. The summed E-state index contributed by atoms with van der Waals surface area (Å²) in [5, 5.41) is 0.459. The minimum Gasteiger partial charge on any atom is -0.327 e. The normalized spacial score (nSPS) is 21.8. The van der Waals surface area contributed by atoms with E-state index in [4.69, 9.17) is 10.7 Å². The summed E-state index contributed by atoms with van der Waals surface area (Å²) in [7, 11) is 0. The van der Waals surface area contributed by atoms with Crippen molar-refractivity contribution in [3.05, 3.63) is 23.3 Å². The minimum atomic E-state index is 0.209. The molecule has 0 radical (unpaired) electrons. The van der Waals surface area contributed by atoms with Gasteiger partial charge in [-0.3, -0.25) is 0 Å². The minimum absolute atomic E-state index is 0.209. The maximum atomic E-state index is 6.01. The van der Waals surface area contributed by atoms with Crippen LogP contribution in [0.1, 0.15) is 35.8 Å². The molecule has 0 spiro atoms. The highest BCUT2D eigenvalue weighted by atomic mass is 32.2. The molecule has 2 atom stereocenters. The predicted molar refractivity (Wildman–Crippen MR) is 81.3 cm³/mol. The molecule has 2 heterocycles. The van der Waals surface area contributed by atoms with Gasteiger partial charge in [-0.15, -0.1) is 11.8 Å². The van der Waals surface area contributed by atoms with Gasteiger partial charge in [-0.05, 0) is 19.4 Å². The van der Waals surface area contributed by atoms with Gasteiger partial charge in [-0.25, -0.2) is 9.97 Å². The molecule has 100 valence electrons. The van der Waals surface area contributed by atoms with Crippen molar-refractivity contribution in [2.24, 2.45) is 5.73 Å². The molecule has 2 N–H and O–H groups in total. The van der Waals surface area contributed by atoms with Gasteiger partial charge in [0.2, 0.25) is 0 Å². The Labute approximate surface area is 118 Å². The van der Waals surface area contributed by atoms with Crippen molar-refractivity contribution in [3.8, 4) is 0 Å². The van der Waals surface area contributed by atoms with Crippen molar-refractivity contribution in [1.29, 1.82) is 0 Å². The highest BCUT2D eigenvalue weighted by Crippen LogP contribution is 2.35. The topological polar surface area (TPSA) is 51.8 Å². The zero-order valence-electron chi connectivity index (χ0n) is 11.1. The average Bonchev–Trinajstić information content (AvgIpc) is 2.39. The van der Waals surface area contributed by atoms with Crippen LogP contribution in [0.2, 0.25) is 0 Å². The molecule has 3 nitrogen and oxygen atoms in total. The highest BCUT2D eigenvalue weighted by molar-refractivity contribution is 8.06. The van der Waals surface area contributed by atoms with E-state index in [-0.39, 0.29) is 6.04 Å². The SMILES string of the molecule is CCC(N)Cc1cc(C)nc(C2CSCCS2)n1. The quantitative estimate of drug-likeness (QED) is 0.920. The van der Waals surface area contributed by atoms with Crippen LogP contribution in [0.4, 0.5) is 0 Å². The summed E-state index contributed by atoms with van der Waals surface area (Å²) < 4.78 is 0. The third kappa shape index (κ3) is 3.87. The van der Waals surface area contributed by atoms with Gasteiger partial charge in [0.25, 0.3) is 0 Å². The molecule has 0 amide bonds. The summed E-state index contributed by atoms with van der Waals surface area (Å²) in [6.45, 7) is 4.17. The summed E-state index contributed by atoms with van der Waals surface area (Å²) in [5.41, 5.74) is 8.18. The number of aryl methyl sites for hydroxylation is 1. The first-order valence-corrected chi connectivity index (χ1v) is 8.68. The summed E-state index contributed by atoms with van der Waals surface area (Å²) in [5.74, 6) is 4.59. The van der Waals surface area contributed by atoms with E-state index in [1.54, 1.807) is 0 Å². The fourth-order valence-corrected chi connectivity index (χ4v) is 4.56. The van der Waals surface area contributed by atoms with Crippen molar-refractivity contribution < 1.29 is 0 Å². The van der Waals surface area contributed by atoms with Crippen LogP contribution in [0.25, 0.3) is 0 Å². The molecule has 0 bridgehead atoms. The van der Waals surface area contributed by atoms with E-state index >= 15 is 0 Å². The van der Waals surface area contributed by atoms with Gasteiger partial charge in [-0.1, -0.05) is 6.92 Å². The Morgan fingerprint density at radius 2 is 2.28 bits per heavy atom. The van der Waals surface area contributed by atoms with E-state index in [1.807, 2.05) is 30.4 Å². The van der Waals surface area contributed by atoms with Crippen molar-refractivity contribution in [3.63, 3.8) is 0 Å². The van der Waals surface area contributed by atoms with Crippen molar-refractivity contribution >= 4 is 23.5 Å². The number of hydrogen-bond acceptors (Lipinski definition) is 5. The highest BCUT2D eigenvalue weighted by Gasteiger charge is 2.20. The zero-order chi connectivity index (χ0) is 13.0. The average molecular weight is 283 g/mol. The molecule has 1 aliphatic rings. The molecule has 5 heteroatoms. The number of aromatic nitrogens is 2.